The molecule has 0 aliphatic carbocycles. The van der Waals surface area contributed by atoms with Crippen molar-refractivity contribution in [3.63, 3.8) is 0 Å². The fraction of sp³-hybridized carbons (Fsp3) is 0.0294. The average Bonchev–Trinajstić information content (AvgIpc) is 3.73. The van der Waals surface area contributed by atoms with Gasteiger partial charge in [-0.1, -0.05) is 78.9 Å². The lowest BCUT2D eigenvalue weighted by Gasteiger charge is -2.28. The van der Waals surface area contributed by atoms with E-state index in [9.17, 15) is 0 Å². The minimum Gasteiger partial charge on any atom is -0.464 e. The number of hydrazone groups is 1. The fourth-order valence-corrected chi connectivity index (χ4v) is 5.74. The van der Waals surface area contributed by atoms with Crippen LogP contribution in [-0.2, 0) is 0 Å². The van der Waals surface area contributed by atoms with Crippen LogP contribution in [0, 0.1) is 0 Å². The van der Waals surface area contributed by atoms with Crippen LogP contribution in [0.1, 0.15) is 17.3 Å². The molecule has 1 aliphatic rings. The second kappa shape index (κ2) is 8.64. The molecule has 3 heterocycles. The number of anilines is 1. The lowest BCUT2D eigenvalue weighted by molar-refractivity contribution is 0.616. The van der Waals surface area contributed by atoms with Crippen LogP contribution in [0.25, 0.3) is 38.5 Å². The van der Waals surface area contributed by atoms with E-state index in [1.165, 1.54) is 16.3 Å². The number of hydrogen-bond acceptors (Lipinski definition) is 4. The minimum absolute atomic E-state index is 0.104. The highest BCUT2D eigenvalue weighted by atomic mass is 16.3. The smallest absolute Gasteiger partial charge is 0.162 e. The van der Waals surface area contributed by atoms with Crippen LogP contribution in [0.5, 0.6) is 0 Å². The Balaban J connectivity index is 1.27. The highest BCUT2D eigenvalue weighted by molar-refractivity contribution is 6.13. The maximum absolute atomic E-state index is 5.77. The Hall–Kier alpha value is -5.29. The van der Waals surface area contributed by atoms with Crippen molar-refractivity contribution in [2.24, 2.45) is 5.10 Å². The number of nitrogens with zero attached hydrogens (tertiary/aromatic N) is 3. The summed E-state index contributed by atoms with van der Waals surface area (Å²) in [6.45, 7) is 0. The van der Waals surface area contributed by atoms with Gasteiger partial charge in [0.1, 0.15) is 11.7 Å². The van der Waals surface area contributed by atoms with Gasteiger partial charge >= 0.3 is 0 Å². The van der Waals surface area contributed by atoms with Crippen LogP contribution in [0.2, 0.25) is 0 Å². The van der Waals surface area contributed by atoms with Gasteiger partial charge in [0.05, 0.1) is 17.3 Å². The molecule has 5 aromatic carbocycles. The molecule has 1 aliphatic heterocycles. The zero-order valence-corrected chi connectivity index (χ0v) is 21.0. The van der Waals surface area contributed by atoms with Gasteiger partial charge in [0.2, 0.25) is 0 Å². The van der Waals surface area contributed by atoms with Crippen LogP contribution in [-0.4, -0.2) is 10.4 Å². The Bertz CT molecular complexity index is 1990. The molecule has 1 atom stereocenters. The second-order valence-corrected chi connectivity index (χ2v) is 9.81. The lowest BCUT2D eigenvalue weighted by Crippen LogP contribution is -2.33. The van der Waals surface area contributed by atoms with Crippen molar-refractivity contribution in [1.82, 2.24) is 9.99 Å². The highest BCUT2D eigenvalue weighted by Gasteiger charge is 2.31. The molecule has 7 aromatic rings. The minimum atomic E-state index is -0.104. The molecule has 0 saturated carbocycles. The summed E-state index contributed by atoms with van der Waals surface area (Å²) >= 11 is 0. The van der Waals surface area contributed by atoms with Gasteiger partial charge in [-0.05, 0) is 48.0 Å². The van der Waals surface area contributed by atoms with Crippen LogP contribution in [0.4, 0.5) is 5.69 Å². The number of nitrogens with one attached hydrogen (secondary N) is 1. The Labute approximate surface area is 225 Å². The summed E-state index contributed by atoms with van der Waals surface area (Å²) < 4.78 is 8.09. The topological polar surface area (TPSA) is 45.7 Å². The number of aromatic nitrogens is 1. The molecular weight excluding hydrogens is 480 g/mol. The Kier molecular flexibility index (Phi) is 4.82. The summed E-state index contributed by atoms with van der Waals surface area (Å²) in [5.74, 6) is 0.897. The summed E-state index contributed by atoms with van der Waals surface area (Å²) in [6.07, 6.45) is 1.65. The van der Waals surface area contributed by atoms with E-state index in [0.29, 0.717) is 0 Å². The first-order valence-corrected chi connectivity index (χ1v) is 13.1. The molecular formula is C34H24N4O. The van der Waals surface area contributed by atoms with Crippen LogP contribution in [0.15, 0.2) is 143 Å². The van der Waals surface area contributed by atoms with E-state index in [4.69, 9.17) is 9.52 Å². The summed E-state index contributed by atoms with van der Waals surface area (Å²) in [5.41, 5.74) is 10.9. The molecule has 0 fully saturated rings. The number of amidine groups is 1. The summed E-state index contributed by atoms with van der Waals surface area (Å²) in [4.78, 5) is 2.27. The number of benzene rings is 5. The molecule has 0 spiro atoms. The van der Waals surface area contributed by atoms with E-state index < -0.39 is 0 Å². The monoisotopic (exact) mass is 504 g/mol. The van der Waals surface area contributed by atoms with Gasteiger partial charge in [0.15, 0.2) is 5.84 Å². The predicted octanol–water partition coefficient (Wildman–Crippen LogP) is 8.00. The molecule has 0 radical (unpaired) electrons. The third kappa shape index (κ3) is 3.44. The van der Waals surface area contributed by atoms with E-state index in [2.05, 4.69) is 112 Å². The third-order valence-corrected chi connectivity index (χ3v) is 7.56. The third-order valence-electron chi connectivity index (χ3n) is 7.56. The van der Waals surface area contributed by atoms with Gasteiger partial charge in [0, 0.05) is 39.2 Å². The zero-order valence-electron chi connectivity index (χ0n) is 21.0. The van der Waals surface area contributed by atoms with Crippen molar-refractivity contribution in [2.45, 2.75) is 6.17 Å². The first-order valence-electron chi connectivity index (χ1n) is 13.1. The molecule has 2 aromatic heterocycles. The van der Waals surface area contributed by atoms with E-state index in [1.807, 2.05) is 30.3 Å². The van der Waals surface area contributed by atoms with Crippen LogP contribution < -0.4 is 10.3 Å². The molecule has 5 nitrogen and oxygen atoms in total. The Morgan fingerprint density at radius 1 is 0.641 bits per heavy atom. The van der Waals surface area contributed by atoms with Gasteiger partial charge in [-0.15, -0.1) is 0 Å². The molecule has 0 amide bonds. The van der Waals surface area contributed by atoms with Crippen LogP contribution in [0.3, 0.4) is 0 Å². The largest absolute Gasteiger partial charge is 0.464 e. The van der Waals surface area contributed by atoms with Gasteiger partial charge in [-0.3, -0.25) is 10.3 Å². The maximum atomic E-state index is 5.77. The van der Waals surface area contributed by atoms with E-state index in [0.717, 1.165) is 44.8 Å². The van der Waals surface area contributed by atoms with Gasteiger partial charge in [-0.2, -0.15) is 5.10 Å². The molecule has 0 saturated heterocycles. The van der Waals surface area contributed by atoms with Crippen molar-refractivity contribution in [3.05, 3.63) is 145 Å². The summed E-state index contributed by atoms with van der Waals surface area (Å²) in [7, 11) is 0. The lowest BCUT2D eigenvalue weighted by atomic mass is 10.1. The van der Waals surface area contributed by atoms with Gasteiger partial charge in [-0.25, -0.2) is 0 Å². The number of para-hydroxylation sites is 1. The summed E-state index contributed by atoms with van der Waals surface area (Å²) in [6, 6.07) is 44.5. The molecule has 5 heteroatoms. The average molecular weight is 505 g/mol. The number of rotatable bonds is 4. The molecule has 186 valence electrons. The second-order valence-electron chi connectivity index (χ2n) is 9.81. The van der Waals surface area contributed by atoms with E-state index in [-0.39, 0.29) is 6.17 Å². The van der Waals surface area contributed by atoms with E-state index >= 15 is 0 Å². The van der Waals surface area contributed by atoms with Crippen molar-refractivity contribution >= 4 is 44.3 Å². The van der Waals surface area contributed by atoms with Crippen molar-refractivity contribution in [1.29, 1.82) is 0 Å². The van der Waals surface area contributed by atoms with Gasteiger partial charge < -0.3 is 8.98 Å². The first kappa shape index (κ1) is 21.8. The molecule has 1 unspecified atom stereocenters. The highest BCUT2D eigenvalue weighted by Crippen LogP contribution is 2.37. The molecule has 1 N–H and O–H groups in total. The zero-order chi connectivity index (χ0) is 25.8. The molecule has 39 heavy (non-hydrogen) atoms. The van der Waals surface area contributed by atoms with Crippen molar-refractivity contribution in [2.75, 3.05) is 4.90 Å². The number of furan rings is 1. The normalized spacial score (nSPS) is 15.2. The maximum Gasteiger partial charge on any atom is 0.162 e. The SMILES string of the molecule is c1ccc(C2=NNC(c3ccccc3)N2c2ccc(-n3c4ccccc4c4cc5ccoc5cc43)cc2)cc1. The Morgan fingerprint density at radius 3 is 2.18 bits per heavy atom. The molecule has 0 bridgehead atoms. The summed E-state index contributed by atoms with van der Waals surface area (Å²) in [5, 5.41) is 8.33. The van der Waals surface area contributed by atoms with Crippen LogP contribution >= 0.6 is 0 Å². The fourth-order valence-electron chi connectivity index (χ4n) is 5.74. The Morgan fingerprint density at radius 2 is 1.36 bits per heavy atom. The molecule has 8 rings (SSSR count). The van der Waals surface area contributed by atoms with Crippen molar-refractivity contribution < 1.29 is 4.42 Å². The predicted molar refractivity (Wildman–Crippen MR) is 158 cm³/mol. The van der Waals surface area contributed by atoms with Gasteiger partial charge in [0.25, 0.3) is 0 Å². The standard InChI is InChI=1S/C34H24N4O/c1-3-9-23(10-4-1)33-35-36-34(24-11-5-2-6-12-24)38(33)27-17-15-26(16-18-27)37-30-14-8-7-13-28(30)29-21-25-19-20-39-32(25)22-31(29)37/h1-22,33,35H. The van der Waals surface area contributed by atoms with Crippen molar-refractivity contribution in [3.8, 4) is 5.69 Å². The quantitative estimate of drug-likeness (QED) is 0.264. The number of hydrogen-bond donors (Lipinski definition) is 1. The number of fused-ring (bicyclic) bond motifs is 4. The first-order chi connectivity index (χ1) is 19.3. The van der Waals surface area contributed by atoms with E-state index in [1.54, 1.807) is 6.26 Å².